The Hall–Kier alpha value is -3.15. The molecular weight excluding hydrogens is 322 g/mol. The van der Waals surface area contributed by atoms with Gasteiger partial charge in [-0.05, 0) is 29.3 Å². The molecule has 1 aliphatic rings. The largest absolute Gasteiger partial charge is 0.454 e. The first-order valence-electron chi connectivity index (χ1n) is 7.85. The van der Waals surface area contributed by atoms with E-state index in [1.165, 1.54) is 13.1 Å². The van der Waals surface area contributed by atoms with Crippen LogP contribution in [0.2, 0.25) is 0 Å². The Morgan fingerprint density at radius 1 is 1.20 bits per heavy atom. The van der Waals surface area contributed by atoms with Crippen LogP contribution in [0.3, 0.4) is 0 Å². The van der Waals surface area contributed by atoms with Gasteiger partial charge in [-0.3, -0.25) is 4.79 Å². The first kappa shape index (κ1) is 16.7. The molecule has 0 saturated carbocycles. The van der Waals surface area contributed by atoms with Crippen molar-refractivity contribution < 1.29 is 23.9 Å². The maximum atomic E-state index is 12.2. The molecule has 1 atom stereocenters. The number of ether oxygens (including phenoxy) is 2. The molecular formula is C19H17NO5. The van der Waals surface area contributed by atoms with Crippen LogP contribution in [-0.2, 0) is 20.7 Å². The summed E-state index contributed by atoms with van der Waals surface area (Å²) in [5, 5.41) is 2.37. The van der Waals surface area contributed by atoms with Gasteiger partial charge in [-0.25, -0.2) is 9.59 Å². The number of benzene rings is 2. The number of likely N-dealkylation sites (N-methyl/N-ethyl adjacent to an activating group) is 1. The van der Waals surface area contributed by atoms with Crippen molar-refractivity contribution in [2.45, 2.75) is 12.5 Å². The van der Waals surface area contributed by atoms with Crippen molar-refractivity contribution in [1.82, 2.24) is 5.32 Å². The fourth-order valence-electron chi connectivity index (χ4n) is 2.66. The number of esters is 2. The summed E-state index contributed by atoms with van der Waals surface area (Å²) < 4.78 is 10.4. The van der Waals surface area contributed by atoms with Crippen LogP contribution in [-0.4, -0.2) is 31.5 Å². The van der Waals surface area contributed by atoms with E-state index in [0.29, 0.717) is 17.5 Å². The van der Waals surface area contributed by atoms with Crippen LogP contribution in [0.15, 0.2) is 48.5 Å². The molecule has 2 aromatic rings. The van der Waals surface area contributed by atoms with Gasteiger partial charge >= 0.3 is 11.9 Å². The van der Waals surface area contributed by atoms with Gasteiger partial charge in [0.15, 0.2) is 6.61 Å². The number of carbonyl (C=O) groups is 3. The lowest BCUT2D eigenvalue weighted by Crippen LogP contribution is -2.25. The van der Waals surface area contributed by atoms with E-state index in [0.717, 1.165) is 11.1 Å². The predicted octanol–water partition coefficient (Wildman–Crippen LogP) is 2.04. The number of hydrogen-bond donors (Lipinski definition) is 1. The van der Waals surface area contributed by atoms with Crippen molar-refractivity contribution in [1.29, 1.82) is 0 Å². The van der Waals surface area contributed by atoms with Crippen molar-refractivity contribution in [3.8, 4) is 0 Å². The molecule has 0 aliphatic carbocycles. The van der Waals surface area contributed by atoms with E-state index in [1.54, 1.807) is 12.1 Å². The SMILES string of the molecule is CNC(=O)COC(=O)c1ccc2c(c1)C[C@@H](c1ccccc1)OC2=O. The molecule has 0 fully saturated rings. The van der Waals surface area contributed by atoms with Gasteiger partial charge in [-0.2, -0.15) is 0 Å². The maximum absolute atomic E-state index is 12.2. The molecule has 0 saturated heterocycles. The number of hydrogen-bond acceptors (Lipinski definition) is 5. The lowest BCUT2D eigenvalue weighted by Gasteiger charge is -2.25. The molecule has 25 heavy (non-hydrogen) atoms. The van der Waals surface area contributed by atoms with Gasteiger partial charge in [0.1, 0.15) is 6.10 Å². The first-order valence-corrected chi connectivity index (χ1v) is 7.85. The van der Waals surface area contributed by atoms with Crippen LogP contribution >= 0.6 is 0 Å². The van der Waals surface area contributed by atoms with Crippen LogP contribution in [0.5, 0.6) is 0 Å². The zero-order chi connectivity index (χ0) is 17.8. The van der Waals surface area contributed by atoms with Crippen molar-refractivity contribution in [2.24, 2.45) is 0 Å². The number of rotatable bonds is 4. The standard InChI is InChI=1S/C19H17NO5/c1-20-17(21)11-24-18(22)13-7-8-15-14(9-13)10-16(25-19(15)23)12-5-3-2-4-6-12/h2-9,16H,10-11H2,1H3,(H,20,21)/t16-/m0/s1. The lowest BCUT2D eigenvalue weighted by molar-refractivity contribution is -0.123. The molecule has 0 spiro atoms. The fourth-order valence-corrected chi connectivity index (χ4v) is 2.66. The Bertz CT molecular complexity index is 816. The summed E-state index contributed by atoms with van der Waals surface area (Å²) in [6.45, 7) is -0.346. The van der Waals surface area contributed by atoms with E-state index in [-0.39, 0.29) is 12.5 Å². The van der Waals surface area contributed by atoms with Gasteiger partial charge in [0, 0.05) is 13.5 Å². The molecule has 1 N–H and O–H groups in total. The molecule has 0 radical (unpaired) electrons. The Balaban J connectivity index is 1.80. The first-order chi connectivity index (χ1) is 12.1. The highest BCUT2D eigenvalue weighted by Crippen LogP contribution is 2.31. The van der Waals surface area contributed by atoms with Crippen LogP contribution in [0.4, 0.5) is 0 Å². The average molecular weight is 339 g/mol. The Kier molecular flexibility index (Phi) is 4.79. The third-order valence-electron chi connectivity index (χ3n) is 4.00. The van der Waals surface area contributed by atoms with E-state index in [2.05, 4.69) is 5.32 Å². The second kappa shape index (κ2) is 7.17. The Morgan fingerprint density at radius 2 is 1.96 bits per heavy atom. The van der Waals surface area contributed by atoms with Gasteiger partial charge in [-0.15, -0.1) is 0 Å². The summed E-state index contributed by atoms with van der Waals surface area (Å²) in [5.74, 6) is -1.42. The summed E-state index contributed by atoms with van der Waals surface area (Å²) in [5.41, 5.74) is 2.35. The molecule has 6 heteroatoms. The number of amides is 1. The number of cyclic esters (lactones) is 1. The van der Waals surface area contributed by atoms with Gasteiger partial charge in [0.05, 0.1) is 11.1 Å². The molecule has 128 valence electrons. The molecule has 3 rings (SSSR count). The van der Waals surface area contributed by atoms with Crippen LogP contribution < -0.4 is 5.32 Å². The molecule has 1 aliphatic heterocycles. The molecule has 1 amide bonds. The van der Waals surface area contributed by atoms with Gasteiger partial charge in [0.25, 0.3) is 5.91 Å². The predicted molar refractivity (Wildman–Crippen MR) is 89.1 cm³/mol. The smallest absolute Gasteiger partial charge is 0.339 e. The zero-order valence-electron chi connectivity index (χ0n) is 13.7. The zero-order valence-corrected chi connectivity index (χ0v) is 13.7. The topological polar surface area (TPSA) is 81.7 Å². The van der Waals surface area contributed by atoms with E-state index in [4.69, 9.17) is 9.47 Å². The highest BCUT2D eigenvalue weighted by atomic mass is 16.5. The normalized spacial score (nSPS) is 15.7. The van der Waals surface area contributed by atoms with E-state index < -0.39 is 18.0 Å². The number of nitrogens with one attached hydrogen (secondary N) is 1. The van der Waals surface area contributed by atoms with Crippen LogP contribution in [0.1, 0.15) is 37.9 Å². The van der Waals surface area contributed by atoms with Gasteiger partial charge in [0.2, 0.25) is 0 Å². The maximum Gasteiger partial charge on any atom is 0.339 e. The van der Waals surface area contributed by atoms with E-state index in [1.807, 2.05) is 30.3 Å². The van der Waals surface area contributed by atoms with Crippen LogP contribution in [0.25, 0.3) is 0 Å². The van der Waals surface area contributed by atoms with Crippen molar-refractivity contribution in [3.05, 3.63) is 70.8 Å². The summed E-state index contributed by atoms with van der Waals surface area (Å²) in [4.78, 5) is 35.5. The monoisotopic (exact) mass is 339 g/mol. The van der Waals surface area contributed by atoms with Crippen molar-refractivity contribution in [3.63, 3.8) is 0 Å². The minimum absolute atomic E-state index is 0.296. The molecule has 0 aromatic heterocycles. The van der Waals surface area contributed by atoms with Crippen molar-refractivity contribution in [2.75, 3.05) is 13.7 Å². The Labute approximate surface area is 144 Å². The molecule has 1 heterocycles. The average Bonchev–Trinajstić information content (AvgIpc) is 2.65. The van der Waals surface area contributed by atoms with Crippen LogP contribution in [0, 0.1) is 0 Å². The summed E-state index contributed by atoms with van der Waals surface area (Å²) in [7, 11) is 1.46. The third kappa shape index (κ3) is 3.68. The second-order valence-electron chi connectivity index (χ2n) is 5.63. The van der Waals surface area contributed by atoms with Crippen molar-refractivity contribution >= 4 is 17.8 Å². The molecule has 0 unspecified atom stereocenters. The summed E-state index contributed by atoms with van der Waals surface area (Å²) in [6, 6.07) is 14.1. The molecule has 0 bridgehead atoms. The summed E-state index contributed by atoms with van der Waals surface area (Å²) in [6.07, 6.45) is 0.0834. The quantitative estimate of drug-likeness (QED) is 0.862. The Morgan fingerprint density at radius 3 is 2.68 bits per heavy atom. The highest BCUT2D eigenvalue weighted by molar-refractivity contribution is 5.96. The van der Waals surface area contributed by atoms with Gasteiger partial charge in [-0.1, -0.05) is 30.3 Å². The molecule has 6 nitrogen and oxygen atoms in total. The van der Waals surface area contributed by atoms with E-state index >= 15 is 0 Å². The number of fused-ring (bicyclic) bond motifs is 1. The van der Waals surface area contributed by atoms with Gasteiger partial charge < -0.3 is 14.8 Å². The lowest BCUT2D eigenvalue weighted by atomic mass is 9.93. The third-order valence-corrected chi connectivity index (χ3v) is 4.00. The minimum Gasteiger partial charge on any atom is -0.454 e. The fraction of sp³-hybridized carbons (Fsp3) is 0.211. The molecule has 2 aromatic carbocycles. The second-order valence-corrected chi connectivity index (χ2v) is 5.63. The minimum atomic E-state index is -0.610. The van der Waals surface area contributed by atoms with E-state index in [9.17, 15) is 14.4 Å². The number of carbonyl (C=O) groups excluding carboxylic acids is 3. The summed E-state index contributed by atoms with van der Waals surface area (Å²) >= 11 is 0. The highest BCUT2D eigenvalue weighted by Gasteiger charge is 2.28.